The van der Waals surface area contributed by atoms with Crippen LogP contribution >= 0.6 is 15.9 Å². The Hall–Kier alpha value is 0.150. The third-order valence-electron chi connectivity index (χ3n) is 2.65. The van der Waals surface area contributed by atoms with Crippen molar-refractivity contribution < 1.29 is 4.79 Å². The first-order valence-corrected chi connectivity index (χ1v) is 7.51. The predicted octanol–water partition coefficient (Wildman–Crippen LogP) is 4.87. The van der Waals surface area contributed by atoms with E-state index in [1.807, 2.05) is 0 Å². The van der Waals surface area contributed by atoms with Crippen molar-refractivity contribution in [1.82, 2.24) is 0 Å². The molecular weight excluding hydrogens is 252 g/mol. The van der Waals surface area contributed by atoms with Crippen molar-refractivity contribution in [2.24, 2.45) is 0 Å². The minimum Gasteiger partial charge on any atom is -0.300 e. The van der Waals surface area contributed by atoms with Gasteiger partial charge in [-0.05, 0) is 12.8 Å². The maximum absolute atomic E-state index is 11.3. The zero-order valence-corrected chi connectivity index (χ0v) is 11.7. The van der Waals surface area contributed by atoms with E-state index in [1.165, 1.54) is 38.5 Å². The molecule has 15 heavy (non-hydrogen) atoms. The van der Waals surface area contributed by atoms with Gasteiger partial charge < -0.3 is 0 Å². The van der Waals surface area contributed by atoms with Crippen LogP contribution in [0.5, 0.6) is 0 Å². The van der Waals surface area contributed by atoms with Gasteiger partial charge in [0.1, 0.15) is 5.78 Å². The molecule has 0 aliphatic carbocycles. The van der Waals surface area contributed by atoms with E-state index in [0.29, 0.717) is 5.78 Å². The van der Waals surface area contributed by atoms with Gasteiger partial charge in [0.05, 0.1) is 0 Å². The lowest BCUT2D eigenvalue weighted by Gasteiger charge is -2.01. The van der Waals surface area contributed by atoms with Crippen molar-refractivity contribution in [2.75, 3.05) is 5.33 Å². The first-order valence-electron chi connectivity index (χ1n) is 6.39. The fourth-order valence-electron chi connectivity index (χ4n) is 1.67. The van der Waals surface area contributed by atoms with E-state index in [2.05, 4.69) is 22.9 Å². The molecule has 0 saturated carbocycles. The van der Waals surface area contributed by atoms with E-state index >= 15 is 0 Å². The van der Waals surface area contributed by atoms with Crippen LogP contribution in [0.3, 0.4) is 0 Å². The minimum absolute atomic E-state index is 0.447. The maximum atomic E-state index is 11.3. The standard InChI is InChI=1S/C13H25BrO/c1-2-3-4-5-6-7-8-10-13(15)11-9-12-14/h2-12H2,1H3. The third kappa shape index (κ3) is 12.1. The van der Waals surface area contributed by atoms with Crippen molar-refractivity contribution >= 4 is 21.7 Å². The van der Waals surface area contributed by atoms with Crippen molar-refractivity contribution in [1.29, 1.82) is 0 Å². The predicted molar refractivity (Wildman–Crippen MR) is 70.6 cm³/mol. The number of hydrogen-bond donors (Lipinski definition) is 0. The lowest BCUT2D eigenvalue weighted by molar-refractivity contribution is -0.119. The molecule has 1 nitrogen and oxygen atoms in total. The number of hydrogen-bond acceptors (Lipinski definition) is 1. The number of rotatable bonds is 11. The number of Topliss-reactive ketones (excluding diaryl/α,β-unsaturated/α-hetero) is 1. The molecule has 0 aliphatic heterocycles. The smallest absolute Gasteiger partial charge is 0.132 e. The molecule has 0 bridgehead atoms. The van der Waals surface area contributed by atoms with Crippen LogP contribution in [-0.2, 0) is 4.79 Å². The Bertz CT molecular complexity index is 145. The molecule has 90 valence electrons. The van der Waals surface area contributed by atoms with Gasteiger partial charge in [0, 0.05) is 18.2 Å². The molecule has 0 fully saturated rings. The highest BCUT2D eigenvalue weighted by atomic mass is 79.9. The second-order valence-corrected chi connectivity index (χ2v) is 5.00. The molecule has 0 aromatic carbocycles. The van der Waals surface area contributed by atoms with Crippen LogP contribution in [-0.4, -0.2) is 11.1 Å². The highest BCUT2D eigenvalue weighted by Crippen LogP contribution is 2.09. The fraction of sp³-hybridized carbons (Fsp3) is 0.923. The minimum atomic E-state index is 0.447. The van der Waals surface area contributed by atoms with Gasteiger partial charge in [-0.15, -0.1) is 0 Å². The van der Waals surface area contributed by atoms with E-state index in [1.54, 1.807) is 0 Å². The molecule has 0 radical (unpaired) electrons. The number of halogens is 1. The largest absolute Gasteiger partial charge is 0.300 e. The normalized spacial score (nSPS) is 10.5. The van der Waals surface area contributed by atoms with Crippen LogP contribution in [0.1, 0.15) is 71.1 Å². The van der Waals surface area contributed by atoms with Crippen molar-refractivity contribution in [3.05, 3.63) is 0 Å². The summed E-state index contributed by atoms with van der Waals surface area (Å²) in [6, 6.07) is 0. The van der Waals surface area contributed by atoms with E-state index in [0.717, 1.165) is 31.0 Å². The Morgan fingerprint density at radius 1 is 0.867 bits per heavy atom. The monoisotopic (exact) mass is 276 g/mol. The summed E-state index contributed by atoms with van der Waals surface area (Å²) >= 11 is 3.34. The quantitative estimate of drug-likeness (QED) is 0.389. The van der Waals surface area contributed by atoms with Crippen LogP contribution in [0.2, 0.25) is 0 Å². The topological polar surface area (TPSA) is 17.1 Å². The van der Waals surface area contributed by atoms with Gasteiger partial charge in [0.15, 0.2) is 0 Å². The summed E-state index contributed by atoms with van der Waals surface area (Å²) in [7, 11) is 0. The molecule has 0 heterocycles. The lowest BCUT2D eigenvalue weighted by atomic mass is 10.1. The number of ketones is 1. The first-order chi connectivity index (χ1) is 7.31. The van der Waals surface area contributed by atoms with Gasteiger partial charge in [-0.3, -0.25) is 4.79 Å². The Kier molecular flexibility index (Phi) is 12.3. The molecular formula is C13H25BrO. The third-order valence-corrected chi connectivity index (χ3v) is 3.21. The van der Waals surface area contributed by atoms with E-state index < -0.39 is 0 Å². The number of carbonyl (C=O) groups is 1. The van der Waals surface area contributed by atoms with Gasteiger partial charge >= 0.3 is 0 Å². The summed E-state index contributed by atoms with van der Waals surface area (Å²) in [6.07, 6.45) is 11.6. The van der Waals surface area contributed by atoms with Gasteiger partial charge in [-0.2, -0.15) is 0 Å². The summed E-state index contributed by atoms with van der Waals surface area (Å²) < 4.78 is 0. The lowest BCUT2D eigenvalue weighted by Crippen LogP contribution is -1.97. The molecule has 0 aromatic rings. The van der Waals surface area contributed by atoms with Gasteiger partial charge in [0.2, 0.25) is 0 Å². The molecule has 0 aromatic heterocycles. The second-order valence-electron chi connectivity index (χ2n) is 4.20. The first kappa shape index (κ1) is 15.2. The summed E-state index contributed by atoms with van der Waals surface area (Å²) in [4.78, 5) is 11.3. The number of alkyl halides is 1. The molecule has 0 N–H and O–H groups in total. The van der Waals surface area contributed by atoms with Gasteiger partial charge in [-0.25, -0.2) is 0 Å². The fourth-order valence-corrected chi connectivity index (χ4v) is 1.95. The second kappa shape index (κ2) is 12.2. The highest BCUT2D eigenvalue weighted by molar-refractivity contribution is 9.09. The molecule has 0 amide bonds. The average molecular weight is 277 g/mol. The van der Waals surface area contributed by atoms with Gasteiger partial charge in [0.25, 0.3) is 0 Å². The maximum Gasteiger partial charge on any atom is 0.132 e. The molecule has 0 atom stereocenters. The highest BCUT2D eigenvalue weighted by Gasteiger charge is 2.00. The van der Waals surface area contributed by atoms with Crippen LogP contribution in [0.15, 0.2) is 0 Å². The zero-order chi connectivity index (χ0) is 11.4. The van der Waals surface area contributed by atoms with E-state index in [4.69, 9.17) is 0 Å². The molecule has 2 heteroatoms. The Balaban J connectivity index is 3.06. The van der Waals surface area contributed by atoms with Crippen LogP contribution in [0.4, 0.5) is 0 Å². The Labute approximate surface area is 103 Å². The average Bonchev–Trinajstić information content (AvgIpc) is 2.25. The molecule has 0 unspecified atom stereocenters. The van der Waals surface area contributed by atoms with Crippen molar-refractivity contribution in [3.8, 4) is 0 Å². The van der Waals surface area contributed by atoms with E-state index in [9.17, 15) is 4.79 Å². The Morgan fingerprint density at radius 2 is 1.40 bits per heavy atom. The Morgan fingerprint density at radius 3 is 2.00 bits per heavy atom. The van der Waals surface area contributed by atoms with Crippen LogP contribution < -0.4 is 0 Å². The van der Waals surface area contributed by atoms with Gasteiger partial charge in [-0.1, -0.05) is 61.4 Å². The molecule has 0 spiro atoms. The number of unbranched alkanes of at least 4 members (excludes halogenated alkanes) is 6. The summed E-state index contributed by atoms with van der Waals surface area (Å²) in [6.45, 7) is 2.24. The van der Waals surface area contributed by atoms with Crippen molar-refractivity contribution in [3.63, 3.8) is 0 Å². The van der Waals surface area contributed by atoms with Crippen LogP contribution in [0.25, 0.3) is 0 Å². The zero-order valence-electron chi connectivity index (χ0n) is 10.1. The van der Waals surface area contributed by atoms with Crippen LogP contribution in [0, 0.1) is 0 Å². The summed E-state index contributed by atoms with van der Waals surface area (Å²) in [5.74, 6) is 0.447. The number of carbonyl (C=O) groups excluding carboxylic acids is 1. The molecule has 0 saturated heterocycles. The summed E-state index contributed by atoms with van der Waals surface area (Å²) in [5, 5.41) is 0.954. The summed E-state index contributed by atoms with van der Waals surface area (Å²) in [5.41, 5.74) is 0. The molecule has 0 aliphatic rings. The molecule has 0 rings (SSSR count). The van der Waals surface area contributed by atoms with E-state index in [-0.39, 0.29) is 0 Å². The SMILES string of the molecule is CCCCCCCCCC(=O)CCCBr. The van der Waals surface area contributed by atoms with Crippen molar-refractivity contribution in [2.45, 2.75) is 71.1 Å².